The smallest absolute Gasteiger partial charge is 0.236 e. The van der Waals surface area contributed by atoms with Crippen LogP contribution in [0.4, 0.5) is 0 Å². The van der Waals surface area contributed by atoms with E-state index in [0.29, 0.717) is 18.2 Å². The third-order valence-corrected chi connectivity index (χ3v) is 7.02. The van der Waals surface area contributed by atoms with Crippen LogP contribution in [0.5, 0.6) is 5.75 Å². The van der Waals surface area contributed by atoms with Crippen LogP contribution in [-0.4, -0.2) is 97.6 Å². The number of benzene rings is 2. The van der Waals surface area contributed by atoms with E-state index in [9.17, 15) is 4.79 Å². The van der Waals surface area contributed by atoms with Crippen LogP contribution in [0.25, 0.3) is 0 Å². The maximum Gasteiger partial charge on any atom is 0.236 e. The molecule has 2 fully saturated rings. The van der Waals surface area contributed by atoms with Crippen molar-refractivity contribution in [2.24, 2.45) is 0 Å². The van der Waals surface area contributed by atoms with Gasteiger partial charge in [-0.3, -0.25) is 19.5 Å². The van der Waals surface area contributed by atoms with Gasteiger partial charge in [-0.05, 0) is 30.2 Å². The number of halogens is 1. The molecule has 178 valence electrons. The second-order valence-electron chi connectivity index (χ2n) is 8.98. The van der Waals surface area contributed by atoms with E-state index in [4.69, 9.17) is 16.3 Å². The van der Waals surface area contributed by atoms with Gasteiger partial charge in [-0.1, -0.05) is 48.0 Å². The number of piperazine rings is 2. The highest BCUT2D eigenvalue weighted by molar-refractivity contribution is 6.32. The number of para-hydroxylation sites is 1. The molecular weight excluding hydrogens is 436 g/mol. The standard InChI is InChI=1S/C26H35ClN4O2/c1-22-6-2-3-7-23(22)20-29-14-16-31(17-15-29)26(32)21-30-12-10-28(11-13-30)18-19-33-25-9-5-4-8-24(25)27/h2-9H,10-21H2,1H3. The number of nitrogens with zero attached hydrogens (tertiary/aromatic N) is 4. The Kier molecular flexibility index (Phi) is 8.62. The van der Waals surface area contributed by atoms with Crippen LogP contribution >= 0.6 is 11.6 Å². The summed E-state index contributed by atoms with van der Waals surface area (Å²) in [6.07, 6.45) is 0. The zero-order valence-electron chi connectivity index (χ0n) is 19.6. The molecule has 0 radical (unpaired) electrons. The molecule has 2 aromatic rings. The van der Waals surface area contributed by atoms with Crippen molar-refractivity contribution in [1.82, 2.24) is 19.6 Å². The Balaban J connectivity index is 1.12. The van der Waals surface area contributed by atoms with Crippen molar-refractivity contribution in [3.05, 3.63) is 64.7 Å². The third-order valence-electron chi connectivity index (χ3n) is 6.71. The number of carbonyl (C=O) groups excluding carboxylic acids is 1. The lowest BCUT2D eigenvalue weighted by Crippen LogP contribution is -2.53. The number of hydrogen-bond acceptors (Lipinski definition) is 5. The third kappa shape index (κ3) is 6.93. The SMILES string of the molecule is Cc1ccccc1CN1CCN(C(=O)CN2CCN(CCOc3ccccc3Cl)CC2)CC1. The van der Waals surface area contributed by atoms with Crippen LogP contribution < -0.4 is 4.74 Å². The molecule has 0 N–H and O–H groups in total. The van der Waals surface area contributed by atoms with Crippen molar-refractivity contribution in [3.8, 4) is 5.75 Å². The second-order valence-corrected chi connectivity index (χ2v) is 9.39. The van der Waals surface area contributed by atoms with Gasteiger partial charge in [0.15, 0.2) is 0 Å². The van der Waals surface area contributed by atoms with Gasteiger partial charge in [0.25, 0.3) is 0 Å². The Morgan fingerprint density at radius 3 is 2.21 bits per heavy atom. The number of ether oxygens (including phenoxy) is 1. The molecule has 1 amide bonds. The van der Waals surface area contributed by atoms with Gasteiger partial charge >= 0.3 is 0 Å². The van der Waals surface area contributed by atoms with Crippen molar-refractivity contribution in [2.45, 2.75) is 13.5 Å². The van der Waals surface area contributed by atoms with Crippen molar-refractivity contribution < 1.29 is 9.53 Å². The summed E-state index contributed by atoms with van der Waals surface area (Å²) >= 11 is 6.14. The van der Waals surface area contributed by atoms with Crippen molar-refractivity contribution in [3.63, 3.8) is 0 Å². The van der Waals surface area contributed by atoms with E-state index in [-0.39, 0.29) is 5.91 Å². The normalized spacial score (nSPS) is 18.4. The summed E-state index contributed by atoms with van der Waals surface area (Å²) in [5.41, 5.74) is 2.72. The summed E-state index contributed by atoms with van der Waals surface area (Å²) in [6.45, 7) is 12.5. The molecule has 0 saturated carbocycles. The van der Waals surface area contributed by atoms with Gasteiger partial charge in [0.05, 0.1) is 11.6 Å². The highest BCUT2D eigenvalue weighted by Crippen LogP contribution is 2.23. The van der Waals surface area contributed by atoms with Crippen LogP contribution in [0.2, 0.25) is 5.02 Å². The summed E-state index contributed by atoms with van der Waals surface area (Å²) < 4.78 is 5.81. The van der Waals surface area contributed by atoms with Gasteiger partial charge in [-0.15, -0.1) is 0 Å². The quantitative estimate of drug-likeness (QED) is 0.593. The Morgan fingerprint density at radius 1 is 0.848 bits per heavy atom. The zero-order chi connectivity index (χ0) is 23.0. The fourth-order valence-corrected chi connectivity index (χ4v) is 4.68. The predicted octanol–water partition coefficient (Wildman–Crippen LogP) is 2.99. The molecule has 6 nitrogen and oxygen atoms in total. The summed E-state index contributed by atoms with van der Waals surface area (Å²) in [5.74, 6) is 1.00. The Bertz CT molecular complexity index is 909. The van der Waals surface area contributed by atoms with Gasteiger partial charge in [0.1, 0.15) is 12.4 Å². The van der Waals surface area contributed by atoms with Crippen LogP contribution in [0.15, 0.2) is 48.5 Å². The number of amides is 1. The molecule has 2 aromatic carbocycles. The highest BCUT2D eigenvalue weighted by Gasteiger charge is 2.25. The molecule has 7 heteroatoms. The highest BCUT2D eigenvalue weighted by atomic mass is 35.5. The maximum atomic E-state index is 12.8. The first-order valence-corrected chi connectivity index (χ1v) is 12.3. The largest absolute Gasteiger partial charge is 0.491 e. The van der Waals surface area contributed by atoms with E-state index >= 15 is 0 Å². The average molecular weight is 471 g/mol. The minimum Gasteiger partial charge on any atom is -0.491 e. The fraction of sp³-hybridized carbons (Fsp3) is 0.500. The van der Waals surface area contributed by atoms with Gasteiger partial charge in [0.2, 0.25) is 5.91 Å². The molecule has 2 heterocycles. The second kappa shape index (κ2) is 11.8. The number of rotatable bonds is 8. The van der Waals surface area contributed by atoms with E-state index < -0.39 is 0 Å². The van der Waals surface area contributed by atoms with Gasteiger partial charge < -0.3 is 9.64 Å². The van der Waals surface area contributed by atoms with E-state index in [1.165, 1.54) is 11.1 Å². The Hall–Kier alpha value is -2.12. The summed E-state index contributed by atoms with van der Waals surface area (Å²) in [5, 5.41) is 0.650. The molecule has 0 aliphatic carbocycles. The van der Waals surface area contributed by atoms with E-state index in [0.717, 1.165) is 71.2 Å². The molecule has 4 rings (SSSR count). The minimum atomic E-state index is 0.265. The molecule has 0 atom stereocenters. The molecule has 2 aliphatic heterocycles. The molecule has 0 bridgehead atoms. The van der Waals surface area contributed by atoms with E-state index in [1.54, 1.807) is 0 Å². The molecule has 2 saturated heterocycles. The van der Waals surface area contributed by atoms with Crippen LogP contribution in [-0.2, 0) is 11.3 Å². The van der Waals surface area contributed by atoms with Gasteiger partial charge in [0, 0.05) is 65.4 Å². The van der Waals surface area contributed by atoms with Crippen molar-refractivity contribution in [2.75, 3.05) is 72.1 Å². The first-order chi connectivity index (χ1) is 16.1. The Labute approximate surface area is 202 Å². The van der Waals surface area contributed by atoms with E-state index in [1.807, 2.05) is 29.2 Å². The molecule has 33 heavy (non-hydrogen) atoms. The number of hydrogen-bond donors (Lipinski definition) is 0. The van der Waals surface area contributed by atoms with Gasteiger partial charge in [-0.25, -0.2) is 0 Å². The fourth-order valence-electron chi connectivity index (χ4n) is 4.49. The number of aryl methyl sites for hydroxylation is 1. The molecule has 0 aromatic heterocycles. The first kappa shape index (κ1) is 24.0. The van der Waals surface area contributed by atoms with Gasteiger partial charge in [-0.2, -0.15) is 0 Å². The van der Waals surface area contributed by atoms with Crippen molar-refractivity contribution >= 4 is 17.5 Å². The first-order valence-electron chi connectivity index (χ1n) is 11.9. The summed E-state index contributed by atoms with van der Waals surface area (Å²) in [6, 6.07) is 16.1. The average Bonchev–Trinajstić information content (AvgIpc) is 2.83. The van der Waals surface area contributed by atoms with Crippen LogP contribution in [0.3, 0.4) is 0 Å². The lowest BCUT2D eigenvalue weighted by atomic mass is 10.1. The minimum absolute atomic E-state index is 0.265. The lowest BCUT2D eigenvalue weighted by molar-refractivity contribution is -0.134. The number of carbonyl (C=O) groups is 1. The monoisotopic (exact) mass is 470 g/mol. The van der Waals surface area contributed by atoms with E-state index in [2.05, 4.69) is 45.9 Å². The van der Waals surface area contributed by atoms with Crippen LogP contribution in [0.1, 0.15) is 11.1 Å². The molecule has 2 aliphatic rings. The maximum absolute atomic E-state index is 12.8. The zero-order valence-corrected chi connectivity index (χ0v) is 20.3. The molecule has 0 spiro atoms. The summed E-state index contributed by atoms with van der Waals surface area (Å²) in [4.78, 5) is 22.0. The Morgan fingerprint density at radius 2 is 1.48 bits per heavy atom. The summed E-state index contributed by atoms with van der Waals surface area (Å²) in [7, 11) is 0. The molecular formula is C26H35ClN4O2. The van der Waals surface area contributed by atoms with Crippen LogP contribution in [0, 0.1) is 6.92 Å². The lowest BCUT2D eigenvalue weighted by Gasteiger charge is -2.38. The van der Waals surface area contributed by atoms with Crippen molar-refractivity contribution in [1.29, 1.82) is 0 Å². The molecule has 0 unspecified atom stereocenters. The topological polar surface area (TPSA) is 39.3 Å². The predicted molar refractivity (Wildman–Crippen MR) is 133 cm³/mol.